The Balaban J connectivity index is 1.84. The quantitative estimate of drug-likeness (QED) is 0.154. The van der Waals surface area contributed by atoms with E-state index in [4.69, 9.17) is 23.7 Å². The molecule has 1 unspecified atom stereocenters. The van der Waals surface area contributed by atoms with Gasteiger partial charge < -0.3 is 79.9 Å². The normalized spacial score (nSPS) is 52.5. The first-order valence-corrected chi connectivity index (χ1v) is 10.6. The summed E-state index contributed by atoms with van der Waals surface area (Å²) in [6, 6.07) is 0. The lowest BCUT2D eigenvalue weighted by Crippen LogP contribution is -2.67. The highest BCUT2D eigenvalue weighted by atomic mass is 16.8. The summed E-state index contributed by atoms with van der Waals surface area (Å²) in [7, 11) is 0. The lowest BCUT2D eigenvalue weighted by molar-refractivity contribution is -0.383. The van der Waals surface area contributed by atoms with Crippen LogP contribution in [-0.4, -0.2) is 168 Å². The third-order valence-corrected chi connectivity index (χ3v) is 6.09. The SMILES string of the molecule is OC[C@H]1O[C@H](O[C@@H]2[C@H](O[C@H]3O[C@H](CO)[C@@H](O)[C@H](O)[C@H]3O)[C@@H](O)C(O)O[C@@H]2CO)[C@H](O)[C@@H](O)[C@@H]1O. The van der Waals surface area contributed by atoms with Crippen molar-refractivity contribution in [3.8, 4) is 0 Å². The molecule has 0 bridgehead atoms. The minimum Gasteiger partial charge on any atom is -0.394 e. The third-order valence-electron chi connectivity index (χ3n) is 6.09. The molecule has 0 radical (unpaired) electrons. The molecule has 0 aliphatic carbocycles. The van der Waals surface area contributed by atoms with E-state index in [2.05, 4.69) is 0 Å². The van der Waals surface area contributed by atoms with Crippen molar-refractivity contribution in [2.45, 2.75) is 92.1 Å². The van der Waals surface area contributed by atoms with E-state index in [1.165, 1.54) is 0 Å². The van der Waals surface area contributed by atoms with Gasteiger partial charge in [-0.2, -0.15) is 0 Å². The minimum absolute atomic E-state index is 0.762. The third kappa shape index (κ3) is 5.37. The molecule has 3 aliphatic heterocycles. The van der Waals surface area contributed by atoms with E-state index in [0.717, 1.165) is 0 Å². The van der Waals surface area contributed by atoms with Gasteiger partial charge in [0, 0.05) is 0 Å². The van der Waals surface area contributed by atoms with Crippen LogP contribution < -0.4 is 0 Å². The van der Waals surface area contributed by atoms with Crippen molar-refractivity contribution in [1.29, 1.82) is 0 Å². The van der Waals surface area contributed by atoms with E-state index in [0.29, 0.717) is 0 Å². The summed E-state index contributed by atoms with van der Waals surface area (Å²) in [6.07, 6.45) is -25.6. The molecule has 3 heterocycles. The Hall–Kier alpha value is -0.640. The van der Waals surface area contributed by atoms with Gasteiger partial charge in [-0.05, 0) is 0 Å². The standard InChI is InChI=1S/C18H32O16/c19-1-4-7(22)9(24)11(26)17(31-4)33-14-6(3-21)30-16(29)13(28)15(14)34-18-12(27)10(25)8(23)5(2-20)32-18/h4-29H,1-3H2/t4-,5-,6-,7-,8-,9+,10+,11-,12-,13-,14+,15-,16?,17-,18-/m1/s1. The molecule has 3 saturated heterocycles. The van der Waals surface area contributed by atoms with Gasteiger partial charge in [0.05, 0.1) is 19.8 Å². The largest absolute Gasteiger partial charge is 0.394 e. The summed E-state index contributed by atoms with van der Waals surface area (Å²) in [4.78, 5) is 0. The molecule has 34 heavy (non-hydrogen) atoms. The zero-order valence-corrected chi connectivity index (χ0v) is 17.7. The molecule has 0 aromatic carbocycles. The predicted molar refractivity (Wildman–Crippen MR) is 101 cm³/mol. The smallest absolute Gasteiger partial charge is 0.187 e. The summed E-state index contributed by atoms with van der Waals surface area (Å²) >= 11 is 0. The highest BCUT2D eigenvalue weighted by Crippen LogP contribution is 2.32. The Morgan fingerprint density at radius 2 is 0.853 bits per heavy atom. The van der Waals surface area contributed by atoms with Crippen LogP contribution in [0.15, 0.2) is 0 Å². The van der Waals surface area contributed by atoms with Gasteiger partial charge in [-0.3, -0.25) is 0 Å². The van der Waals surface area contributed by atoms with Gasteiger partial charge in [0.1, 0.15) is 73.2 Å². The Morgan fingerprint density at radius 1 is 0.441 bits per heavy atom. The van der Waals surface area contributed by atoms with E-state index in [9.17, 15) is 56.2 Å². The lowest BCUT2D eigenvalue weighted by atomic mass is 9.96. The second-order valence-electron chi connectivity index (χ2n) is 8.33. The molecule has 11 N–H and O–H groups in total. The van der Waals surface area contributed by atoms with Crippen molar-refractivity contribution in [1.82, 2.24) is 0 Å². The lowest BCUT2D eigenvalue weighted by Gasteiger charge is -2.48. The van der Waals surface area contributed by atoms with Crippen LogP contribution in [0.25, 0.3) is 0 Å². The van der Waals surface area contributed by atoms with Crippen molar-refractivity contribution < 1.29 is 79.9 Å². The molecular weight excluding hydrogens is 472 g/mol. The van der Waals surface area contributed by atoms with Crippen molar-refractivity contribution in [3.05, 3.63) is 0 Å². The average Bonchev–Trinajstić information content (AvgIpc) is 2.83. The van der Waals surface area contributed by atoms with E-state index >= 15 is 0 Å². The predicted octanol–water partition coefficient (Wildman–Crippen LogP) is -7.57. The molecule has 3 aliphatic rings. The molecule has 3 fully saturated rings. The molecule has 200 valence electrons. The van der Waals surface area contributed by atoms with E-state index in [-0.39, 0.29) is 0 Å². The highest BCUT2D eigenvalue weighted by Gasteiger charge is 2.53. The maximum Gasteiger partial charge on any atom is 0.187 e. The first-order chi connectivity index (χ1) is 16.0. The molecule has 16 heteroatoms. The summed E-state index contributed by atoms with van der Waals surface area (Å²) in [5.41, 5.74) is 0. The average molecular weight is 504 g/mol. The van der Waals surface area contributed by atoms with Crippen LogP contribution in [0.1, 0.15) is 0 Å². The summed E-state index contributed by atoms with van der Waals surface area (Å²) < 4.78 is 26.7. The fraction of sp³-hybridized carbons (Fsp3) is 1.00. The molecule has 0 amide bonds. The fourth-order valence-corrected chi connectivity index (χ4v) is 4.04. The molecule has 0 aromatic heterocycles. The Labute approximate surface area is 192 Å². The molecule has 0 saturated carbocycles. The summed E-state index contributed by atoms with van der Waals surface area (Å²) in [5, 5.41) is 109. The highest BCUT2D eigenvalue weighted by molar-refractivity contribution is 4.96. The number of hydrogen-bond acceptors (Lipinski definition) is 16. The van der Waals surface area contributed by atoms with Crippen LogP contribution in [0.4, 0.5) is 0 Å². The van der Waals surface area contributed by atoms with Crippen LogP contribution in [-0.2, 0) is 23.7 Å². The molecule has 3 rings (SSSR count). The van der Waals surface area contributed by atoms with E-state index in [1.807, 2.05) is 0 Å². The van der Waals surface area contributed by atoms with Crippen molar-refractivity contribution in [2.24, 2.45) is 0 Å². The van der Waals surface area contributed by atoms with Crippen molar-refractivity contribution in [2.75, 3.05) is 19.8 Å². The van der Waals surface area contributed by atoms with Crippen LogP contribution in [0.2, 0.25) is 0 Å². The second-order valence-corrected chi connectivity index (χ2v) is 8.33. The Kier molecular flexibility index (Phi) is 9.54. The van der Waals surface area contributed by atoms with Gasteiger partial charge in [-0.25, -0.2) is 0 Å². The first-order valence-electron chi connectivity index (χ1n) is 10.6. The zero-order valence-electron chi connectivity index (χ0n) is 17.7. The number of rotatable bonds is 7. The molecular formula is C18H32O16. The number of aliphatic hydroxyl groups is 11. The van der Waals surface area contributed by atoms with Gasteiger partial charge >= 0.3 is 0 Å². The van der Waals surface area contributed by atoms with Crippen LogP contribution in [0.3, 0.4) is 0 Å². The Bertz CT molecular complexity index is 599. The zero-order chi connectivity index (χ0) is 25.3. The first kappa shape index (κ1) is 27.9. The maximum atomic E-state index is 10.5. The van der Waals surface area contributed by atoms with Gasteiger partial charge in [-0.1, -0.05) is 0 Å². The minimum atomic E-state index is -1.93. The van der Waals surface area contributed by atoms with Crippen LogP contribution >= 0.6 is 0 Å². The van der Waals surface area contributed by atoms with Gasteiger partial charge in [0.2, 0.25) is 0 Å². The van der Waals surface area contributed by atoms with Crippen LogP contribution in [0.5, 0.6) is 0 Å². The van der Waals surface area contributed by atoms with E-state index < -0.39 is 112 Å². The topological polar surface area (TPSA) is 269 Å². The monoisotopic (exact) mass is 504 g/mol. The fourth-order valence-electron chi connectivity index (χ4n) is 4.04. The van der Waals surface area contributed by atoms with E-state index in [1.54, 1.807) is 0 Å². The van der Waals surface area contributed by atoms with Gasteiger partial charge in [0.15, 0.2) is 18.9 Å². The second kappa shape index (κ2) is 11.6. The summed E-state index contributed by atoms with van der Waals surface area (Å²) in [5.74, 6) is 0. The number of aliphatic hydroxyl groups excluding tert-OH is 11. The maximum absolute atomic E-state index is 10.5. The van der Waals surface area contributed by atoms with Crippen molar-refractivity contribution in [3.63, 3.8) is 0 Å². The number of hydrogen-bond donors (Lipinski definition) is 11. The van der Waals surface area contributed by atoms with Gasteiger partial charge in [0.25, 0.3) is 0 Å². The van der Waals surface area contributed by atoms with Crippen molar-refractivity contribution >= 4 is 0 Å². The molecule has 0 spiro atoms. The van der Waals surface area contributed by atoms with Crippen LogP contribution in [0, 0.1) is 0 Å². The number of ether oxygens (including phenoxy) is 5. The van der Waals surface area contributed by atoms with Gasteiger partial charge in [-0.15, -0.1) is 0 Å². The molecule has 0 aromatic rings. The molecule has 15 atom stereocenters. The Morgan fingerprint density at radius 3 is 1.26 bits per heavy atom. The summed E-state index contributed by atoms with van der Waals surface area (Å²) in [6.45, 7) is -2.35. The molecule has 16 nitrogen and oxygen atoms in total.